The molecule has 16 nitrogen and oxygen atoms in total. The molecule has 1 aromatic carbocycles. The molecule has 346 valence electrons. The topological polar surface area (TPSA) is 216 Å². The number of alkyl halides is 3. The number of sulfonamides is 1. The molecule has 4 heterocycles. The molecule has 3 fully saturated rings. The second-order valence-corrected chi connectivity index (χ2v) is 23.1. The summed E-state index contributed by atoms with van der Waals surface area (Å²) in [6, 6.07) is 1.29. The van der Waals surface area contributed by atoms with Crippen LogP contribution in [0.2, 0.25) is 0 Å². The van der Waals surface area contributed by atoms with Crippen molar-refractivity contribution in [3.63, 3.8) is 0 Å². The van der Waals surface area contributed by atoms with Gasteiger partial charge in [0.1, 0.15) is 50.2 Å². The van der Waals surface area contributed by atoms with Crippen molar-refractivity contribution in [2.45, 2.75) is 145 Å². The van der Waals surface area contributed by atoms with Crippen LogP contribution >= 0.6 is 0 Å². The lowest BCUT2D eigenvalue weighted by Crippen LogP contribution is -2.58. The van der Waals surface area contributed by atoms with E-state index in [1.807, 2.05) is 6.08 Å². The van der Waals surface area contributed by atoms with Gasteiger partial charge >= 0.3 is 12.5 Å². The minimum Gasteiger partial charge on any atom is -0.483 e. The van der Waals surface area contributed by atoms with Gasteiger partial charge in [0.2, 0.25) is 21.8 Å². The van der Waals surface area contributed by atoms with Crippen molar-refractivity contribution in [3.8, 4) is 11.5 Å². The zero-order valence-corrected chi connectivity index (χ0v) is 37.5. The molecule has 2 aromatic rings. The van der Waals surface area contributed by atoms with Crippen molar-refractivity contribution in [1.29, 1.82) is 0 Å². The Labute approximate surface area is 364 Å². The van der Waals surface area contributed by atoms with Crippen molar-refractivity contribution < 1.29 is 63.4 Å². The fourth-order valence-corrected chi connectivity index (χ4v) is 10.9. The summed E-state index contributed by atoms with van der Waals surface area (Å²) in [5, 5.41) is 5.88. The molecule has 5 aliphatic rings. The van der Waals surface area contributed by atoms with Gasteiger partial charge < -0.3 is 29.7 Å². The first-order chi connectivity index (χ1) is 29.2. The van der Waals surface area contributed by atoms with E-state index in [9.17, 15) is 49.2 Å². The molecular formula is C42H54F3N5O11S2. The van der Waals surface area contributed by atoms with E-state index in [0.717, 1.165) is 12.3 Å². The first kappa shape index (κ1) is 46.3. The SMILES string of the molecule is Cc1nc2ccc(OC(F)(F)F)cc2c2c1OC1(CC2)CC2C(=O)NC3(C(=O)NS(=O)(=O)C4(C)CC4)CC3C=CCCCCCC(NC(=O)OC(C)(C)CCS(C)(=O)=O)C(=O)N2C1. The predicted octanol–water partition coefficient (Wildman–Crippen LogP) is 4.81. The van der Waals surface area contributed by atoms with Crippen LogP contribution in [0.1, 0.15) is 103 Å². The van der Waals surface area contributed by atoms with Crippen molar-refractivity contribution in [2.75, 3.05) is 18.6 Å². The highest BCUT2D eigenvalue weighted by atomic mass is 32.2. The predicted molar refractivity (Wildman–Crippen MR) is 223 cm³/mol. The number of aryl methyl sites for hydroxylation is 2. The maximum atomic E-state index is 14.9. The summed E-state index contributed by atoms with van der Waals surface area (Å²) >= 11 is 0. The van der Waals surface area contributed by atoms with Crippen LogP contribution in [-0.2, 0) is 45.4 Å². The molecule has 4 amide bonds. The zero-order chi connectivity index (χ0) is 46.0. The van der Waals surface area contributed by atoms with Gasteiger partial charge in [-0.1, -0.05) is 25.0 Å². The van der Waals surface area contributed by atoms with E-state index >= 15 is 0 Å². The largest absolute Gasteiger partial charge is 0.573 e. The number of amides is 4. The minimum absolute atomic E-state index is 0.0157. The van der Waals surface area contributed by atoms with E-state index in [1.165, 1.54) is 24.0 Å². The summed E-state index contributed by atoms with van der Waals surface area (Å²) < 4.78 is 107. The zero-order valence-electron chi connectivity index (χ0n) is 35.9. The number of halogens is 3. The number of hydrogen-bond donors (Lipinski definition) is 3. The average molecular weight is 926 g/mol. The molecule has 5 unspecified atom stereocenters. The summed E-state index contributed by atoms with van der Waals surface area (Å²) in [7, 11) is -7.48. The van der Waals surface area contributed by atoms with E-state index in [1.54, 1.807) is 26.8 Å². The number of allylic oxidation sites excluding steroid dienone is 1. The third kappa shape index (κ3) is 10.2. The van der Waals surface area contributed by atoms with Gasteiger partial charge in [-0.25, -0.2) is 26.6 Å². The first-order valence-electron chi connectivity index (χ1n) is 21.1. The molecular weight excluding hydrogens is 872 g/mol. The Morgan fingerprint density at radius 2 is 1.79 bits per heavy atom. The number of sulfone groups is 1. The van der Waals surface area contributed by atoms with Gasteiger partial charge in [-0.3, -0.25) is 19.1 Å². The van der Waals surface area contributed by atoms with Gasteiger partial charge in [0, 0.05) is 36.0 Å². The van der Waals surface area contributed by atoms with Gasteiger partial charge in [0.15, 0.2) is 0 Å². The molecule has 1 saturated heterocycles. The van der Waals surface area contributed by atoms with Crippen LogP contribution in [0.25, 0.3) is 10.9 Å². The van der Waals surface area contributed by atoms with Crippen molar-refractivity contribution in [2.24, 2.45) is 5.92 Å². The van der Waals surface area contributed by atoms with E-state index in [4.69, 9.17) is 9.47 Å². The third-order valence-corrected chi connectivity index (χ3v) is 16.0. The molecule has 0 bridgehead atoms. The van der Waals surface area contributed by atoms with E-state index in [2.05, 4.69) is 25.1 Å². The van der Waals surface area contributed by atoms with Crippen LogP contribution in [0.4, 0.5) is 18.0 Å². The third-order valence-electron chi connectivity index (χ3n) is 12.9. The molecule has 21 heteroatoms. The Bertz CT molecular complexity index is 2460. The summed E-state index contributed by atoms with van der Waals surface area (Å²) in [5.74, 6) is -3.27. The summed E-state index contributed by atoms with van der Waals surface area (Å²) in [6.45, 7) is 6.12. The fourth-order valence-electron chi connectivity index (χ4n) is 8.77. The number of carbonyl (C=O) groups is 4. The molecule has 3 aliphatic heterocycles. The highest BCUT2D eigenvalue weighted by Crippen LogP contribution is 2.49. The molecule has 2 saturated carbocycles. The maximum Gasteiger partial charge on any atom is 0.573 e. The quantitative estimate of drug-likeness (QED) is 0.289. The highest BCUT2D eigenvalue weighted by Gasteiger charge is 2.64. The lowest BCUT2D eigenvalue weighted by Gasteiger charge is -2.37. The van der Waals surface area contributed by atoms with Crippen molar-refractivity contribution in [1.82, 2.24) is 25.2 Å². The Hall–Kier alpha value is -4.66. The number of rotatable bonds is 9. The standard InChI is InChI=1S/C42H54F3N5O11S2/c1-25-33-28(29-21-27(59-42(43,44)45)13-14-30(29)46-25)15-16-40(60-33)23-32-34(51)48-41(36(53)49-63(57,58)39(4)17-18-39)22-26(41)11-9-7-6-8-10-12-31(35(52)50(32)24-40)47-37(54)61-38(2,3)19-20-62(5,55)56/h9,11,13-14,21,26,31-32H,6-8,10,12,15-20,22-24H2,1-5H3,(H,47,54)(H,48,51)(H,49,53). The molecule has 3 N–H and O–H groups in total. The Morgan fingerprint density at radius 1 is 1.06 bits per heavy atom. The summed E-state index contributed by atoms with van der Waals surface area (Å²) in [4.78, 5) is 63.0. The van der Waals surface area contributed by atoms with Gasteiger partial charge in [-0.2, -0.15) is 0 Å². The number of nitrogens with zero attached hydrogens (tertiary/aromatic N) is 2. The number of benzene rings is 1. The number of pyridine rings is 1. The molecule has 5 atom stereocenters. The average Bonchev–Trinajstić information content (AvgIpc) is 4.06. The number of fused-ring (bicyclic) bond motifs is 5. The molecule has 1 spiro atoms. The van der Waals surface area contributed by atoms with Crippen molar-refractivity contribution >= 4 is 54.6 Å². The molecule has 7 rings (SSSR count). The second kappa shape index (κ2) is 16.4. The molecule has 0 radical (unpaired) electrons. The molecule has 1 aromatic heterocycles. The van der Waals surface area contributed by atoms with Gasteiger partial charge in [-0.05, 0) is 97.3 Å². The summed E-state index contributed by atoms with van der Waals surface area (Å²) in [5.41, 5.74) is -2.76. The van der Waals surface area contributed by atoms with Crippen LogP contribution in [-0.4, -0.2) is 109 Å². The molecule has 2 aliphatic carbocycles. The number of hydrogen-bond acceptors (Lipinski definition) is 12. The number of ether oxygens (including phenoxy) is 3. The minimum atomic E-state index is -4.93. The van der Waals surface area contributed by atoms with Crippen LogP contribution in [0, 0.1) is 12.8 Å². The van der Waals surface area contributed by atoms with E-state index < -0.39 is 95.3 Å². The smallest absolute Gasteiger partial charge is 0.483 e. The lowest BCUT2D eigenvalue weighted by molar-refractivity contribution is -0.274. The number of carbonyl (C=O) groups excluding carboxylic acids is 4. The Kier molecular flexibility index (Phi) is 12.1. The Balaban J connectivity index is 1.22. The fraction of sp³-hybridized carbons (Fsp3) is 0.643. The monoisotopic (exact) mass is 925 g/mol. The Morgan fingerprint density at radius 3 is 2.48 bits per heavy atom. The van der Waals surface area contributed by atoms with Crippen LogP contribution in [0.3, 0.4) is 0 Å². The molecule has 63 heavy (non-hydrogen) atoms. The van der Waals surface area contributed by atoms with Crippen LogP contribution in [0.5, 0.6) is 11.5 Å². The van der Waals surface area contributed by atoms with Crippen LogP contribution in [0.15, 0.2) is 30.4 Å². The first-order valence-corrected chi connectivity index (χ1v) is 24.7. The van der Waals surface area contributed by atoms with Gasteiger partial charge in [-0.15, -0.1) is 13.2 Å². The number of nitrogens with one attached hydrogen (secondary N) is 3. The summed E-state index contributed by atoms with van der Waals surface area (Å²) in [6.07, 6.45) is 2.52. The van der Waals surface area contributed by atoms with Crippen molar-refractivity contribution in [3.05, 3.63) is 41.6 Å². The van der Waals surface area contributed by atoms with E-state index in [-0.39, 0.29) is 56.6 Å². The lowest BCUT2D eigenvalue weighted by atomic mass is 9.87. The van der Waals surface area contributed by atoms with Gasteiger partial charge in [0.25, 0.3) is 5.91 Å². The second-order valence-electron chi connectivity index (χ2n) is 18.7. The number of alkyl carbamates (subject to hydrolysis) is 1. The number of aromatic nitrogens is 1. The van der Waals surface area contributed by atoms with Gasteiger partial charge in [0.05, 0.1) is 28.3 Å². The maximum absolute atomic E-state index is 14.9. The highest BCUT2D eigenvalue weighted by molar-refractivity contribution is 7.91. The van der Waals surface area contributed by atoms with E-state index in [0.29, 0.717) is 60.7 Å². The van der Waals surface area contributed by atoms with Crippen LogP contribution < -0.4 is 24.8 Å². The normalized spacial score (nSPS) is 27.4.